The molecule has 0 aliphatic carbocycles. The smallest absolute Gasteiger partial charge is 0.284 e. The Morgan fingerprint density at radius 1 is 1.30 bits per heavy atom. The van der Waals surface area contributed by atoms with Gasteiger partial charge in [-0.15, -0.1) is 22.0 Å². The summed E-state index contributed by atoms with van der Waals surface area (Å²) in [6.45, 7) is 0. The van der Waals surface area contributed by atoms with Crippen LogP contribution in [0.3, 0.4) is 0 Å². The topological polar surface area (TPSA) is 181 Å². The minimum Gasteiger partial charge on any atom is -0.493 e. The monoisotopic (exact) mass is 561 g/mol. The third-order valence-electron chi connectivity index (χ3n) is 3.78. The average Bonchev–Trinajstić information content (AvgIpc) is 2.98. The minimum atomic E-state index is -4.11. The Balaban J connectivity index is 1.78. The normalized spacial score (nSPS) is 11.9. The Morgan fingerprint density at radius 3 is 2.70 bits per heavy atom. The van der Waals surface area contributed by atoms with E-state index in [0.717, 1.165) is 27.5 Å². The molecular weight excluding hydrogens is 549 g/mol. The number of hydrogen-bond donors (Lipinski definition) is 3. The van der Waals surface area contributed by atoms with Crippen molar-refractivity contribution >= 4 is 72.6 Å². The number of amides is 1. The van der Waals surface area contributed by atoms with Gasteiger partial charge in [-0.25, -0.2) is 13.6 Å². The first-order valence-corrected chi connectivity index (χ1v) is 11.6. The number of sulfonamides is 1. The molecule has 0 spiro atoms. The molecule has 156 valence electrons. The maximum Gasteiger partial charge on any atom is 0.284 e. The summed E-state index contributed by atoms with van der Waals surface area (Å²) < 4.78 is 23.6. The highest BCUT2D eigenvalue weighted by Crippen LogP contribution is 2.36. The highest BCUT2D eigenvalue weighted by Gasteiger charge is 2.20. The van der Waals surface area contributed by atoms with Gasteiger partial charge in [0, 0.05) is 15.0 Å². The number of rotatable bonds is 6. The van der Waals surface area contributed by atoms with E-state index >= 15 is 0 Å². The number of aromatic nitrogens is 1. The molecular formula is C16H12IN5O6S2. The van der Waals surface area contributed by atoms with Gasteiger partial charge in [-0.05, 0) is 52.9 Å². The summed E-state index contributed by atoms with van der Waals surface area (Å²) in [4.78, 5) is 24.9. The summed E-state index contributed by atoms with van der Waals surface area (Å²) in [7, 11) is -4.11. The maximum atomic E-state index is 12.1. The zero-order chi connectivity index (χ0) is 22.1. The average molecular weight is 561 g/mol. The molecule has 30 heavy (non-hydrogen) atoms. The van der Waals surface area contributed by atoms with E-state index in [1.165, 1.54) is 6.07 Å². The van der Waals surface area contributed by atoms with Crippen LogP contribution in [0.5, 0.6) is 5.88 Å². The molecule has 3 aromatic rings. The van der Waals surface area contributed by atoms with E-state index in [-0.39, 0.29) is 22.2 Å². The van der Waals surface area contributed by atoms with Gasteiger partial charge in [0.15, 0.2) is 5.69 Å². The van der Waals surface area contributed by atoms with Crippen LogP contribution in [0.1, 0.15) is 0 Å². The Labute approximate surface area is 187 Å². The molecule has 0 saturated carbocycles. The fourth-order valence-electron chi connectivity index (χ4n) is 2.45. The fourth-order valence-corrected chi connectivity index (χ4v) is 4.26. The van der Waals surface area contributed by atoms with E-state index in [1.807, 2.05) is 6.07 Å². The van der Waals surface area contributed by atoms with Crippen molar-refractivity contribution in [1.82, 2.24) is 4.98 Å². The van der Waals surface area contributed by atoms with Crippen molar-refractivity contribution in [3.8, 4) is 5.88 Å². The van der Waals surface area contributed by atoms with Crippen LogP contribution in [0.25, 0.3) is 10.9 Å². The van der Waals surface area contributed by atoms with Gasteiger partial charge in [0.25, 0.3) is 11.6 Å². The lowest BCUT2D eigenvalue weighted by atomic mass is 10.2. The molecule has 0 unspecified atom stereocenters. The van der Waals surface area contributed by atoms with Crippen molar-refractivity contribution in [2.45, 2.75) is 9.79 Å². The summed E-state index contributed by atoms with van der Waals surface area (Å²) in [5.74, 6) is -1.24. The zero-order valence-corrected chi connectivity index (χ0v) is 18.6. The molecule has 4 N–H and O–H groups in total. The van der Waals surface area contributed by atoms with Gasteiger partial charge in [0.2, 0.25) is 15.9 Å². The van der Waals surface area contributed by atoms with Crippen molar-refractivity contribution in [3.63, 3.8) is 0 Å². The molecule has 0 aliphatic rings. The highest BCUT2D eigenvalue weighted by molar-refractivity contribution is 14.1. The van der Waals surface area contributed by atoms with Crippen LogP contribution in [0.2, 0.25) is 0 Å². The van der Waals surface area contributed by atoms with Gasteiger partial charge < -0.3 is 10.1 Å². The lowest BCUT2D eigenvalue weighted by Gasteiger charge is -2.03. The predicted octanol–water partition coefficient (Wildman–Crippen LogP) is 3.44. The molecule has 1 heterocycles. The van der Waals surface area contributed by atoms with Crippen LogP contribution in [-0.4, -0.2) is 35.1 Å². The minimum absolute atomic E-state index is 0.0699. The number of carbonyl (C=O) groups is 1. The van der Waals surface area contributed by atoms with Crippen molar-refractivity contribution in [2.75, 3.05) is 5.75 Å². The van der Waals surface area contributed by atoms with Crippen LogP contribution in [0.4, 0.5) is 11.4 Å². The maximum absolute atomic E-state index is 12.1. The fraction of sp³-hybridized carbons (Fsp3) is 0.0625. The lowest BCUT2D eigenvalue weighted by Crippen LogP contribution is -2.12. The largest absolute Gasteiger partial charge is 0.493 e. The number of primary sulfonamides is 1. The second kappa shape index (κ2) is 8.66. The standard InChI is InChI=1S/C16H12IN5O6S2/c17-8-1-3-11-10(5-8)15(16(24)19-11)21-20-14(23)7-29-13-4-2-9(30(18,27)28)6-12(13)22(25)26/h1-6,19,24H,7H2,(H2,18,27,28). The van der Waals surface area contributed by atoms with Gasteiger partial charge in [0.05, 0.1) is 26.0 Å². The molecule has 1 amide bonds. The summed E-state index contributed by atoms with van der Waals surface area (Å²) in [5.41, 5.74) is 0.222. The van der Waals surface area contributed by atoms with Gasteiger partial charge in [-0.2, -0.15) is 0 Å². The number of H-pyrrole nitrogens is 1. The van der Waals surface area contributed by atoms with E-state index in [1.54, 1.807) is 12.1 Å². The van der Waals surface area contributed by atoms with E-state index in [0.29, 0.717) is 10.9 Å². The number of azo groups is 1. The SMILES string of the molecule is NS(=O)(=O)c1ccc(SCC(=O)N=Nc2c(O)[nH]c3ccc(I)cc23)c([N+](=O)[O-])c1. The Morgan fingerprint density at radius 2 is 2.03 bits per heavy atom. The van der Waals surface area contributed by atoms with Crippen LogP contribution in [-0.2, 0) is 14.8 Å². The van der Waals surface area contributed by atoms with Gasteiger partial charge in [-0.1, -0.05) is 0 Å². The number of aromatic hydroxyl groups is 1. The quantitative estimate of drug-likeness (QED) is 0.135. The second-order valence-electron chi connectivity index (χ2n) is 5.83. The Bertz CT molecular complexity index is 1300. The summed E-state index contributed by atoms with van der Waals surface area (Å²) >= 11 is 2.89. The number of nitrogens with two attached hydrogens (primary N) is 1. The molecule has 3 rings (SSSR count). The molecule has 0 fully saturated rings. The summed E-state index contributed by atoms with van der Waals surface area (Å²) in [6.07, 6.45) is 0. The number of hydrogen-bond acceptors (Lipinski definition) is 8. The number of nitro benzene ring substituents is 1. The molecule has 0 radical (unpaired) electrons. The zero-order valence-electron chi connectivity index (χ0n) is 14.8. The first-order valence-electron chi connectivity index (χ1n) is 7.95. The lowest BCUT2D eigenvalue weighted by molar-refractivity contribution is -0.388. The molecule has 0 atom stereocenters. The third-order valence-corrected chi connectivity index (χ3v) is 6.41. The van der Waals surface area contributed by atoms with Crippen molar-refractivity contribution in [2.24, 2.45) is 15.4 Å². The van der Waals surface area contributed by atoms with Crippen molar-refractivity contribution < 1.29 is 23.2 Å². The second-order valence-corrected chi connectivity index (χ2v) is 9.65. The number of nitrogens with one attached hydrogen (secondary N) is 1. The summed E-state index contributed by atoms with van der Waals surface area (Å²) in [6, 6.07) is 8.47. The number of nitrogens with zero attached hydrogens (tertiary/aromatic N) is 3. The number of halogens is 1. The molecule has 0 bridgehead atoms. The Kier molecular flexibility index (Phi) is 6.39. The highest BCUT2D eigenvalue weighted by atomic mass is 127. The third kappa shape index (κ3) is 4.94. The molecule has 0 saturated heterocycles. The van der Waals surface area contributed by atoms with Crippen molar-refractivity contribution in [3.05, 3.63) is 50.1 Å². The van der Waals surface area contributed by atoms with Crippen molar-refractivity contribution in [1.29, 1.82) is 0 Å². The number of benzene rings is 2. The molecule has 14 heteroatoms. The van der Waals surface area contributed by atoms with E-state index < -0.39 is 31.4 Å². The number of nitro groups is 1. The molecule has 1 aromatic heterocycles. The molecule has 11 nitrogen and oxygen atoms in total. The molecule has 2 aromatic carbocycles. The van der Waals surface area contributed by atoms with Gasteiger partial charge >= 0.3 is 0 Å². The van der Waals surface area contributed by atoms with Crippen LogP contribution in [0.15, 0.2) is 56.4 Å². The van der Waals surface area contributed by atoms with Crippen LogP contribution in [0, 0.1) is 13.7 Å². The van der Waals surface area contributed by atoms with Crippen LogP contribution >= 0.6 is 34.4 Å². The number of carbonyl (C=O) groups excluding carboxylic acids is 1. The van der Waals surface area contributed by atoms with Crippen LogP contribution < -0.4 is 5.14 Å². The summed E-state index contributed by atoms with van der Waals surface area (Å²) in [5, 5.41) is 34.1. The number of fused-ring (bicyclic) bond motifs is 1. The first-order chi connectivity index (χ1) is 14.1. The predicted molar refractivity (Wildman–Crippen MR) is 117 cm³/mol. The van der Waals surface area contributed by atoms with E-state index in [9.17, 15) is 28.4 Å². The van der Waals surface area contributed by atoms with Gasteiger partial charge in [-0.3, -0.25) is 14.9 Å². The number of thioether (sulfide) groups is 1. The Hall–Kier alpha value is -2.56. The molecule has 0 aliphatic heterocycles. The first kappa shape index (κ1) is 22.1. The van der Waals surface area contributed by atoms with E-state index in [2.05, 4.69) is 37.8 Å². The van der Waals surface area contributed by atoms with Gasteiger partial charge in [0.1, 0.15) is 0 Å². The number of aromatic amines is 1. The van der Waals surface area contributed by atoms with E-state index in [4.69, 9.17) is 5.14 Å².